The fourth-order valence-electron chi connectivity index (χ4n) is 2.47. The molecule has 1 aliphatic heterocycles. The Morgan fingerprint density at radius 3 is 2.50 bits per heavy atom. The molecular formula is C14H23N3O3S2. The Hall–Kier alpha value is -1.12. The van der Waals surface area contributed by atoms with Gasteiger partial charge in [-0.25, -0.2) is 17.9 Å². The van der Waals surface area contributed by atoms with Gasteiger partial charge in [0, 0.05) is 38.6 Å². The van der Waals surface area contributed by atoms with Crippen LogP contribution >= 0.6 is 11.3 Å². The minimum absolute atomic E-state index is 0.0214. The van der Waals surface area contributed by atoms with Crippen LogP contribution in [-0.4, -0.2) is 58.0 Å². The molecule has 0 atom stereocenters. The fourth-order valence-corrected chi connectivity index (χ4v) is 4.91. The Morgan fingerprint density at radius 1 is 1.36 bits per heavy atom. The minimum Gasteiger partial charge on any atom is -0.331 e. The summed E-state index contributed by atoms with van der Waals surface area (Å²) < 4.78 is 27.4. The summed E-state index contributed by atoms with van der Waals surface area (Å²) in [5.74, 6) is 0.280. The molecule has 0 aliphatic carbocycles. The van der Waals surface area contributed by atoms with Gasteiger partial charge >= 0.3 is 6.03 Å². The number of hydrogen-bond acceptors (Lipinski definition) is 4. The second-order valence-corrected chi connectivity index (χ2v) is 9.11. The number of rotatable bonds is 4. The Labute approximate surface area is 136 Å². The van der Waals surface area contributed by atoms with Crippen LogP contribution < -0.4 is 4.72 Å². The number of piperidine rings is 1. The number of likely N-dealkylation sites (tertiary alicyclic amines) is 1. The van der Waals surface area contributed by atoms with Gasteiger partial charge in [-0.3, -0.25) is 0 Å². The average molecular weight is 345 g/mol. The van der Waals surface area contributed by atoms with Gasteiger partial charge in [0.05, 0.1) is 0 Å². The second kappa shape index (κ2) is 6.97. The molecule has 2 rings (SSSR count). The lowest BCUT2D eigenvalue weighted by Gasteiger charge is -2.33. The maximum atomic E-state index is 12.2. The first-order valence-electron chi connectivity index (χ1n) is 7.32. The lowest BCUT2D eigenvalue weighted by molar-refractivity contribution is 0.148. The number of thiophene rings is 1. The highest BCUT2D eigenvalue weighted by atomic mass is 32.2. The third-order valence-electron chi connectivity index (χ3n) is 3.81. The van der Waals surface area contributed by atoms with Crippen molar-refractivity contribution in [3.63, 3.8) is 0 Å². The van der Waals surface area contributed by atoms with Gasteiger partial charge in [-0.15, -0.1) is 11.3 Å². The van der Waals surface area contributed by atoms with Crippen LogP contribution in [0.2, 0.25) is 0 Å². The van der Waals surface area contributed by atoms with Gasteiger partial charge in [0.15, 0.2) is 0 Å². The van der Waals surface area contributed by atoms with Crippen molar-refractivity contribution in [1.29, 1.82) is 0 Å². The smallest absolute Gasteiger partial charge is 0.319 e. The van der Waals surface area contributed by atoms with E-state index in [1.165, 1.54) is 11.3 Å². The Bertz CT molecular complexity index is 617. The molecule has 0 radical (unpaired) electrons. The summed E-state index contributed by atoms with van der Waals surface area (Å²) in [6.07, 6.45) is 1.65. The molecule has 1 aromatic rings. The summed E-state index contributed by atoms with van der Waals surface area (Å²) >= 11 is 1.28. The van der Waals surface area contributed by atoms with Crippen molar-refractivity contribution >= 4 is 27.4 Å². The van der Waals surface area contributed by atoms with Gasteiger partial charge < -0.3 is 9.80 Å². The number of hydrogen-bond donors (Lipinski definition) is 1. The van der Waals surface area contributed by atoms with Crippen molar-refractivity contribution in [2.24, 2.45) is 5.92 Å². The molecule has 1 saturated heterocycles. The van der Waals surface area contributed by atoms with Gasteiger partial charge in [-0.2, -0.15) is 0 Å². The van der Waals surface area contributed by atoms with Crippen molar-refractivity contribution in [2.75, 3.05) is 33.7 Å². The van der Waals surface area contributed by atoms with Crippen molar-refractivity contribution in [3.8, 4) is 0 Å². The SMILES string of the molecule is Cc1ccc(S(=O)(=O)NCC2CCN(C(=O)N(C)C)CC2)s1. The van der Waals surface area contributed by atoms with E-state index in [0.717, 1.165) is 17.7 Å². The largest absolute Gasteiger partial charge is 0.331 e. The molecule has 6 nitrogen and oxygen atoms in total. The van der Waals surface area contributed by atoms with Crippen molar-refractivity contribution in [3.05, 3.63) is 17.0 Å². The van der Waals surface area contributed by atoms with Crippen LogP contribution in [0.4, 0.5) is 4.79 Å². The van der Waals surface area contributed by atoms with E-state index in [1.807, 2.05) is 17.9 Å². The van der Waals surface area contributed by atoms with Crippen LogP contribution in [0.3, 0.4) is 0 Å². The summed E-state index contributed by atoms with van der Waals surface area (Å²) in [5, 5.41) is 0. The molecule has 2 heterocycles. The number of nitrogens with one attached hydrogen (secondary N) is 1. The average Bonchev–Trinajstić information content (AvgIpc) is 2.92. The van der Waals surface area contributed by atoms with Crippen molar-refractivity contribution in [1.82, 2.24) is 14.5 Å². The standard InChI is InChI=1S/C14H23N3O3S2/c1-11-4-5-13(21-11)22(19,20)15-10-12-6-8-17(9-7-12)14(18)16(2)3/h4-5,12,15H,6-10H2,1-3H3. The first-order chi connectivity index (χ1) is 10.3. The quantitative estimate of drug-likeness (QED) is 0.903. The van der Waals surface area contributed by atoms with Crippen LogP contribution in [0.5, 0.6) is 0 Å². The van der Waals surface area contributed by atoms with Crippen LogP contribution in [0.15, 0.2) is 16.3 Å². The number of carbonyl (C=O) groups is 1. The van der Waals surface area contributed by atoms with Crippen molar-refractivity contribution in [2.45, 2.75) is 24.0 Å². The molecule has 0 saturated carbocycles. The molecule has 0 unspecified atom stereocenters. The number of nitrogens with zero attached hydrogens (tertiary/aromatic N) is 2. The van der Waals surface area contributed by atoms with E-state index in [0.29, 0.717) is 23.8 Å². The van der Waals surface area contributed by atoms with Crippen LogP contribution in [0.1, 0.15) is 17.7 Å². The zero-order valence-electron chi connectivity index (χ0n) is 13.2. The topological polar surface area (TPSA) is 69.7 Å². The molecule has 1 N–H and O–H groups in total. The molecule has 0 spiro atoms. The highest BCUT2D eigenvalue weighted by Crippen LogP contribution is 2.22. The molecule has 1 aliphatic rings. The molecule has 2 amide bonds. The van der Waals surface area contributed by atoms with Crippen molar-refractivity contribution < 1.29 is 13.2 Å². The summed E-state index contributed by atoms with van der Waals surface area (Å²) in [7, 11) is 0.0809. The summed E-state index contributed by atoms with van der Waals surface area (Å²) in [6.45, 7) is 3.69. The lowest BCUT2D eigenvalue weighted by Crippen LogP contribution is -2.45. The molecule has 124 valence electrons. The molecule has 8 heteroatoms. The number of amides is 2. The van der Waals surface area contributed by atoms with E-state index in [4.69, 9.17) is 0 Å². The molecular weight excluding hydrogens is 322 g/mol. The lowest BCUT2D eigenvalue weighted by atomic mass is 9.97. The zero-order valence-corrected chi connectivity index (χ0v) is 14.8. The third kappa shape index (κ3) is 4.21. The second-order valence-electron chi connectivity index (χ2n) is 5.82. The first kappa shape index (κ1) is 17.2. The van der Waals surface area contributed by atoms with E-state index in [2.05, 4.69) is 4.72 Å². The van der Waals surface area contributed by atoms with E-state index < -0.39 is 10.0 Å². The van der Waals surface area contributed by atoms with Gasteiger partial charge in [-0.05, 0) is 37.8 Å². The van der Waals surface area contributed by atoms with Gasteiger partial charge in [0.2, 0.25) is 10.0 Å². The summed E-state index contributed by atoms with van der Waals surface area (Å²) in [5.41, 5.74) is 0. The number of sulfonamides is 1. The Kier molecular flexibility index (Phi) is 5.46. The maximum Gasteiger partial charge on any atom is 0.319 e. The normalized spacial score (nSPS) is 16.8. The zero-order chi connectivity index (χ0) is 16.3. The van der Waals surface area contributed by atoms with Crippen LogP contribution in [-0.2, 0) is 10.0 Å². The number of urea groups is 1. The van der Waals surface area contributed by atoms with Crippen LogP contribution in [0.25, 0.3) is 0 Å². The Morgan fingerprint density at radius 2 is 2.00 bits per heavy atom. The first-order valence-corrected chi connectivity index (χ1v) is 9.62. The maximum absolute atomic E-state index is 12.2. The van der Waals surface area contributed by atoms with Gasteiger partial charge in [-0.1, -0.05) is 0 Å². The molecule has 22 heavy (non-hydrogen) atoms. The predicted molar refractivity (Wildman–Crippen MR) is 87.6 cm³/mol. The third-order valence-corrected chi connectivity index (χ3v) is 6.73. The summed E-state index contributed by atoms with van der Waals surface area (Å²) in [4.78, 5) is 16.2. The monoisotopic (exact) mass is 345 g/mol. The van der Waals surface area contributed by atoms with E-state index in [1.54, 1.807) is 25.1 Å². The predicted octanol–water partition coefficient (Wildman–Crippen LogP) is 1.73. The summed E-state index contributed by atoms with van der Waals surface area (Å²) in [6, 6.07) is 3.47. The molecule has 1 fully saturated rings. The highest BCUT2D eigenvalue weighted by molar-refractivity contribution is 7.91. The highest BCUT2D eigenvalue weighted by Gasteiger charge is 2.25. The van der Waals surface area contributed by atoms with Gasteiger partial charge in [0.25, 0.3) is 0 Å². The molecule has 0 aromatic carbocycles. The Balaban J connectivity index is 1.83. The minimum atomic E-state index is -3.40. The molecule has 0 bridgehead atoms. The van der Waals surface area contributed by atoms with E-state index >= 15 is 0 Å². The number of aryl methyl sites for hydroxylation is 1. The van der Waals surface area contributed by atoms with E-state index in [-0.39, 0.29) is 11.9 Å². The fraction of sp³-hybridized carbons (Fsp3) is 0.643. The number of carbonyl (C=O) groups excluding carboxylic acids is 1. The van der Waals surface area contributed by atoms with Gasteiger partial charge in [0.1, 0.15) is 4.21 Å². The van der Waals surface area contributed by atoms with E-state index in [9.17, 15) is 13.2 Å². The van der Waals surface area contributed by atoms with Crippen LogP contribution in [0, 0.1) is 12.8 Å². The molecule has 1 aromatic heterocycles.